The van der Waals surface area contributed by atoms with E-state index >= 15 is 0 Å². The molecule has 0 spiro atoms. The molecule has 5 nitrogen and oxygen atoms in total. The Kier molecular flexibility index (Phi) is 5.53. The summed E-state index contributed by atoms with van der Waals surface area (Å²) in [6.07, 6.45) is 2.34. The van der Waals surface area contributed by atoms with Crippen LogP contribution in [0.5, 0.6) is 0 Å². The third-order valence-electron chi connectivity index (χ3n) is 4.86. The number of amides is 1. The number of pyridine rings is 1. The molecule has 1 amide bonds. The average molecular weight is 338 g/mol. The maximum absolute atomic E-state index is 12.4. The van der Waals surface area contributed by atoms with Crippen LogP contribution in [0.2, 0.25) is 0 Å². The first kappa shape index (κ1) is 17.3. The lowest BCUT2D eigenvalue weighted by molar-refractivity contribution is -0.131. The SMILES string of the molecule is Cc1cccc(NCCC(=O)N2CCN(c3ccccn3)CC2)c1C. The molecule has 0 aliphatic carbocycles. The summed E-state index contributed by atoms with van der Waals surface area (Å²) < 4.78 is 0. The van der Waals surface area contributed by atoms with Gasteiger partial charge in [0.25, 0.3) is 0 Å². The first-order chi connectivity index (χ1) is 12.1. The van der Waals surface area contributed by atoms with E-state index in [1.807, 2.05) is 35.4 Å². The van der Waals surface area contributed by atoms with Crippen LogP contribution in [0.4, 0.5) is 11.5 Å². The molecule has 1 fully saturated rings. The third-order valence-corrected chi connectivity index (χ3v) is 4.86. The average Bonchev–Trinajstić information content (AvgIpc) is 2.66. The fourth-order valence-corrected chi connectivity index (χ4v) is 3.13. The van der Waals surface area contributed by atoms with Crippen molar-refractivity contribution in [2.45, 2.75) is 20.3 Å². The minimum Gasteiger partial charge on any atom is -0.384 e. The van der Waals surface area contributed by atoms with Gasteiger partial charge in [-0.15, -0.1) is 0 Å². The topological polar surface area (TPSA) is 48.5 Å². The van der Waals surface area contributed by atoms with Crippen molar-refractivity contribution < 1.29 is 4.79 Å². The lowest BCUT2D eigenvalue weighted by Gasteiger charge is -2.35. The van der Waals surface area contributed by atoms with Crippen molar-refractivity contribution in [1.82, 2.24) is 9.88 Å². The van der Waals surface area contributed by atoms with E-state index in [1.165, 1.54) is 11.1 Å². The Labute approximate surface area is 149 Å². The molecule has 0 saturated carbocycles. The van der Waals surface area contributed by atoms with E-state index in [-0.39, 0.29) is 5.91 Å². The summed E-state index contributed by atoms with van der Waals surface area (Å²) in [5.74, 6) is 1.21. The highest BCUT2D eigenvalue weighted by molar-refractivity contribution is 5.77. The van der Waals surface area contributed by atoms with E-state index in [2.05, 4.69) is 41.2 Å². The Bertz CT molecular complexity index is 709. The summed E-state index contributed by atoms with van der Waals surface area (Å²) in [4.78, 5) is 21.0. The van der Waals surface area contributed by atoms with Crippen molar-refractivity contribution in [2.75, 3.05) is 42.9 Å². The molecule has 25 heavy (non-hydrogen) atoms. The van der Waals surface area contributed by atoms with Crippen molar-refractivity contribution in [1.29, 1.82) is 0 Å². The van der Waals surface area contributed by atoms with Crippen LogP contribution in [-0.4, -0.2) is 48.5 Å². The number of hydrogen-bond acceptors (Lipinski definition) is 4. The first-order valence-corrected chi connectivity index (χ1v) is 8.89. The fraction of sp³-hybridized carbons (Fsp3) is 0.400. The molecule has 132 valence electrons. The number of carbonyl (C=O) groups excluding carboxylic acids is 1. The summed E-state index contributed by atoms with van der Waals surface area (Å²) in [5.41, 5.74) is 3.63. The second kappa shape index (κ2) is 8.01. The molecule has 1 N–H and O–H groups in total. The highest BCUT2D eigenvalue weighted by atomic mass is 16.2. The van der Waals surface area contributed by atoms with Gasteiger partial charge in [0.2, 0.25) is 5.91 Å². The van der Waals surface area contributed by atoms with Gasteiger partial charge in [0.05, 0.1) is 0 Å². The second-order valence-corrected chi connectivity index (χ2v) is 6.48. The van der Waals surface area contributed by atoms with Gasteiger partial charge in [-0.05, 0) is 43.2 Å². The Morgan fingerprint density at radius 2 is 1.88 bits per heavy atom. The predicted octanol–water partition coefficient (Wildman–Crippen LogP) is 2.85. The number of benzene rings is 1. The zero-order valence-corrected chi connectivity index (χ0v) is 15.0. The lowest BCUT2D eigenvalue weighted by atomic mass is 10.1. The summed E-state index contributed by atoms with van der Waals surface area (Å²) >= 11 is 0. The van der Waals surface area contributed by atoms with Crippen molar-refractivity contribution >= 4 is 17.4 Å². The molecule has 1 aromatic heterocycles. The van der Waals surface area contributed by atoms with Crippen molar-refractivity contribution in [3.8, 4) is 0 Å². The van der Waals surface area contributed by atoms with Crippen molar-refractivity contribution in [3.05, 3.63) is 53.7 Å². The monoisotopic (exact) mass is 338 g/mol. The summed E-state index contributed by atoms with van der Waals surface area (Å²) in [6, 6.07) is 12.2. The minimum atomic E-state index is 0.221. The quantitative estimate of drug-likeness (QED) is 0.911. The van der Waals surface area contributed by atoms with Crippen molar-refractivity contribution in [2.24, 2.45) is 0 Å². The minimum absolute atomic E-state index is 0.221. The lowest BCUT2D eigenvalue weighted by Crippen LogP contribution is -2.49. The first-order valence-electron chi connectivity index (χ1n) is 8.89. The van der Waals surface area contributed by atoms with Crippen LogP contribution in [0, 0.1) is 13.8 Å². The number of nitrogens with zero attached hydrogens (tertiary/aromatic N) is 3. The van der Waals surface area contributed by atoms with Gasteiger partial charge in [-0.1, -0.05) is 18.2 Å². The molecule has 0 unspecified atom stereocenters. The molecular weight excluding hydrogens is 312 g/mol. The number of aromatic nitrogens is 1. The molecule has 3 rings (SSSR count). The van der Waals surface area contributed by atoms with E-state index in [0.29, 0.717) is 13.0 Å². The number of nitrogens with one attached hydrogen (secondary N) is 1. The molecule has 0 bridgehead atoms. The summed E-state index contributed by atoms with van der Waals surface area (Å²) in [7, 11) is 0. The van der Waals surface area contributed by atoms with Gasteiger partial charge in [-0.2, -0.15) is 0 Å². The molecule has 5 heteroatoms. The molecule has 1 aromatic carbocycles. The maximum atomic E-state index is 12.4. The summed E-state index contributed by atoms with van der Waals surface area (Å²) in [5, 5.41) is 3.39. The van der Waals surface area contributed by atoms with Gasteiger partial charge < -0.3 is 15.1 Å². The number of carbonyl (C=O) groups is 1. The van der Waals surface area contributed by atoms with Gasteiger partial charge in [-0.3, -0.25) is 4.79 Å². The maximum Gasteiger partial charge on any atom is 0.224 e. The normalized spacial score (nSPS) is 14.5. The van der Waals surface area contributed by atoms with Crippen molar-refractivity contribution in [3.63, 3.8) is 0 Å². The number of anilines is 2. The Morgan fingerprint density at radius 1 is 1.08 bits per heavy atom. The molecule has 0 atom stereocenters. The van der Waals surface area contributed by atoms with E-state index in [1.54, 1.807) is 0 Å². The van der Waals surface area contributed by atoms with E-state index in [4.69, 9.17) is 0 Å². The van der Waals surface area contributed by atoms with Crippen LogP contribution in [0.3, 0.4) is 0 Å². The van der Waals surface area contributed by atoms with Gasteiger partial charge in [-0.25, -0.2) is 4.98 Å². The fourth-order valence-electron chi connectivity index (χ4n) is 3.13. The third kappa shape index (κ3) is 4.29. The van der Waals surface area contributed by atoms with E-state index < -0.39 is 0 Å². The number of aryl methyl sites for hydroxylation is 1. The summed E-state index contributed by atoms with van der Waals surface area (Å²) in [6.45, 7) is 8.09. The van der Waals surface area contributed by atoms with E-state index in [0.717, 1.165) is 37.7 Å². The molecule has 1 saturated heterocycles. The molecule has 2 heterocycles. The van der Waals surface area contributed by atoms with Gasteiger partial charge in [0, 0.05) is 51.0 Å². The van der Waals surface area contributed by atoms with Gasteiger partial charge >= 0.3 is 0 Å². The zero-order valence-electron chi connectivity index (χ0n) is 15.0. The largest absolute Gasteiger partial charge is 0.384 e. The van der Waals surface area contributed by atoms with Crippen LogP contribution in [-0.2, 0) is 4.79 Å². The van der Waals surface area contributed by atoms with Crippen LogP contribution in [0.25, 0.3) is 0 Å². The smallest absolute Gasteiger partial charge is 0.224 e. The number of piperazine rings is 1. The highest BCUT2D eigenvalue weighted by Gasteiger charge is 2.21. The van der Waals surface area contributed by atoms with Gasteiger partial charge in [0.15, 0.2) is 0 Å². The molecule has 2 aromatic rings. The molecule has 0 radical (unpaired) electrons. The van der Waals surface area contributed by atoms with Crippen LogP contribution < -0.4 is 10.2 Å². The van der Waals surface area contributed by atoms with Crippen LogP contribution in [0.1, 0.15) is 17.5 Å². The zero-order chi connectivity index (χ0) is 17.6. The standard InChI is InChI=1S/C20H26N4O/c1-16-6-5-7-18(17(16)2)21-11-9-20(25)24-14-12-23(13-15-24)19-8-3-4-10-22-19/h3-8,10,21H,9,11-15H2,1-2H3. The Balaban J connectivity index is 1.44. The molecular formula is C20H26N4O. The second-order valence-electron chi connectivity index (χ2n) is 6.48. The highest BCUT2D eigenvalue weighted by Crippen LogP contribution is 2.18. The molecule has 1 aliphatic rings. The van der Waals surface area contributed by atoms with Crippen LogP contribution >= 0.6 is 0 Å². The Morgan fingerprint density at radius 3 is 2.60 bits per heavy atom. The Hall–Kier alpha value is -2.56. The molecule has 1 aliphatic heterocycles. The predicted molar refractivity (Wildman–Crippen MR) is 102 cm³/mol. The van der Waals surface area contributed by atoms with Gasteiger partial charge in [0.1, 0.15) is 5.82 Å². The van der Waals surface area contributed by atoms with Crippen LogP contribution in [0.15, 0.2) is 42.6 Å². The number of rotatable bonds is 5. The van der Waals surface area contributed by atoms with E-state index in [9.17, 15) is 4.79 Å². The number of hydrogen-bond donors (Lipinski definition) is 1.